The highest BCUT2D eigenvalue weighted by atomic mass is 16.5. The van der Waals surface area contributed by atoms with Crippen molar-refractivity contribution in [2.24, 2.45) is 5.92 Å². The summed E-state index contributed by atoms with van der Waals surface area (Å²) in [6.45, 7) is 2.91. The maximum Gasteiger partial charge on any atom is 0.328 e. The van der Waals surface area contributed by atoms with Gasteiger partial charge in [0.05, 0.1) is 6.61 Å². The van der Waals surface area contributed by atoms with Crippen molar-refractivity contribution in [2.45, 2.75) is 64.3 Å². The summed E-state index contributed by atoms with van der Waals surface area (Å²) in [5, 5.41) is 0. The number of hydrogen-bond acceptors (Lipinski definition) is 3. The van der Waals surface area contributed by atoms with E-state index in [1.54, 1.807) is 11.8 Å². The number of likely N-dealkylation sites (tertiary alicyclic amines) is 1. The van der Waals surface area contributed by atoms with Crippen LogP contribution in [0.5, 0.6) is 0 Å². The summed E-state index contributed by atoms with van der Waals surface area (Å²) < 4.78 is 5.05. The van der Waals surface area contributed by atoms with E-state index in [2.05, 4.69) is 0 Å². The van der Waals surface area contributed by atoms with Crippen molar-refractivity contribution in [3.63, 3.8) is 0 Å². The molecule has 4 nitrogen and oxygen atoms in total. The molecular weight excluding hydrogens is 242 g/mol. The third kappa shape index (κ3) is 3.71. The average molecular weight is 267 g/mol. The molecule has 1 heterocycles. The molecule has 1 aliphatic heterocycles. The molecule has 108 valence electrons. The van der Waals surface area contributed by atoms with Gasteiger partial charge in [-0.1, -0.05) is 25.7 Å². The molecule has 1 amide bonds. The number of carbonyl (C=O) groups is 2. The van der Waals surface area contributed by atoms with Gasteiger partial charge in [-0.2, -0.15) is 0 Å². The van der Waals surface area contributed by atoms with Crippen LogP contribution in [0.25, 0.3) is 0 Å². The van der Waals surface area contributed by atoms with Crippen LogP contribution in [0.2, 0.25) is 0 Å². The van der Waals surface area contributed by atoms with E-state index in [9.17, 15) is 9.59 Å². The molecule has 1 unspecified atom stereocenters. The first kappa shape index (κ1) is 14.4. The van der Waals surface area contributed by atoms with Gasteiger partial charge in [0.1, 0.15) is 6.04 Å². The van der Waals surface area contributed by atoms with Gasteiger partial charge in [0.2, 0.25) is 5.91 Å². The summed E-state index contributed by atoms with van der Waals surface area (Å²) in [7, 11) is 0. The van der Waals surface area contributed by atoms with Gasteiger partial charge in [0.15, 0.2) is 0 Å². The van der Waals surface area contributed by atoms with Crippen molar-refractivity contribution in [1.29, 1.82) is 0 Å². The van der Waals surface area contributed by atoms with Gasteiger partial charge >= 0.3 is 5.97 Å². The zero-order chi connectivity index (χ0) is 13.7. The molecule has 0 bridgehead atoms. The van der Waals surface area contributed by atoms with Crippen LogP contribution in [0.1, 0.15) is 58.3 Å². The Morgan fingerprint density at radius 2 is 1.89 bits per heavy atom. The summed E-state index contributed by atoms with van der Waals surface area (Å²) in [6, 6.07) is -0.323. The largest absolute Gasteiger partial charge is 0.464 e. The Hall–Kier alpha value is -1.06. The zero-order valence-electron chi connectivity index (χ0n) is 11.9. The van der Waals surface area contributed by atoms with Crippen molar-refractivity contribution in [3.8, 4) is 0 Å². The van der Waals surface area contributed by atoms with Crippen LogP contribution in [0.3, 0.4) is 0 Å². The molecule has 2 fully saturated rings. The average Bonchev–Trinajstić information content (AvgIpc) is 3.07. The van der Waals surface area contributed by atoms with Gasteiger partial charge in [-0.25, -0.2) is 4.79 Å². The van der Waals surface area contributed by atoms with Crippen LogP contribution < -0.4 is 0 Å². The molecule has 1 atom stereocenters. The lowest BCUT2D eigenvalue weighted by Crippen LogP contribution is -2.41. The van der Waals surface area contributed by atoms with Gasteiger partial charge in [0.25, 0.3) is 0 Å². The second kappa shape index (κ2) is 6.92. The molecule has 1 saturated carbocycles. The first-order valence-corrected chi connectivity index (χ1v) is 7.68. The molecule has 0 N–H and O–H groups in total. The number of rotatable bonds is 5. The van der Waals surface area contributed by atoms with Crippen molar-refractivity contribution < 1.29 is 14.3 Å². The Bertz CT molecular complexity index is 323. The summed E-state index contributed by atoms with van der Waals surface area (Å²) in [4.78, 5) is 25.8. The SMILES string of the molecule is CCOC(=O)C1CCCN1C(=O)CCC1CCCC1. The molecule has 1 saturated heterocycles. The van der Waals surface area contributed by atoms with Crippen molar-refractivity contribution in [2.75, 3.05) is 13.2 Å². The Morgan fingerprint density at radius 3 is 2.58 bits per heavy atom. The van der Waals surface area contributed by atoms with Crippen LogP contribution in [0.15, 0.2) is 0 Å². The van der Waals surface area contributed by atoms with E-state index in [4.69, 9.17) is 4.74 Å². The first-order valence-electron chi connectivity index (χ1n) is 7.68. The Balaban J connectivity index is 1.81. The fourth-order valence-corrected chi connectivity index (χ4v) is 3.32. The Morgan fingerprint density at radius 1 is 1.16 bits per heavy atom. The molecule has 1 aliphatic carbocycles. The van der Waals surface area contributed by atoms with Crippen LogP contribution in [0, 0.1) is 5.92 Å². The van der Waals surface area contributed by atoms with Crippen LogP contribution in [0.4, 0.5) is 0 Å². The van der Waals surface area contributed by atoms with E-state index >= 15 is 0 Å². The smallest absolute Gasteiger partial charge is 0.328 e. The molecule has 0 radical (unpaired) electrons. The molecule has 2 rings (SSSR count). The lowest BCUT2D eigenvalue weighted by molar-refractivity contribution is -0.153. The van der Waals surface area contributed by atoms with Gasteiger partial charge in [-0.15, -0.1) is 0 Å². The Kier molecular flexibility index (Phi) is 5.23. The van der Waals surface area contributed by atoms with Gasteiger partial charge in [0, 0.05) is 13.0 Å². The fraction of sp³-hybridized carbons (Fsp3) is 0.867. The predicted octanol–water partition coefficient (Wildman–Crippen LogP) is 2.51. The maximum atomic E-state index is 12.2. The normalized spacial score (nSPS) is 23.8. The third-order valence-corrected chi connectivity index (χ3v) is 4.37. The second-order valence-corrected chi connectivity index (χ2v) is 5.69. The van der Waals surface area contributed by atoms with E-state index in [0.29, 0.717) is 19.6 Å². The van der Waals surface area contributed by atoms with Gasteiger partial charge in [-0.05, 0) is 32.1 Å². The molecule has 0 spiro atoms. The van der Waals surface area contributed by atoms with Gasteiger partial charge < -0.3 is 9.64 Å². The summed E-state index contributed by atoms with van der Waals surface area (Å²) in [6.07, 6.45) is 8.43. The number of ether oxygens (including phenoxy) is 1. The van der Waals surface area contributed by atoms with Gasteiger partial charge in [-0.3, -0.25) is 4.79 Å². The molecule has 4 heteroatoms. The minimum absolute atomic E-state index is 0.141. The third-order valence-electron chi connectivity index (χ3n) is 4.37. The standard InChI is InChI=1S/C15H25NO3/c1-2-19-15(18)13-8-5-11-16(13)14(17)10-9-12-6-3-4-7-12/h12-13H,2-11H2,1H3. The second-order valence-electron chi connectivity index (χ2n) is 5.69. The van der Waals surface area contributed by atoms with Crippen molar-refractivity contribution >= 4 is 11.9 Å². The first-order chi connectivity index (χ1) is 9.22. The summed E-state index contributed by atoms with van der Waals surface area (Å²) in [5.74, 6) is 0.643. The zero-order valence-corrected chi connectivity index (χ0v) is 11.9. The van der Waals surface area contributed by atoms with E-state index in [-0.39, 0.29) is 17.9 Å². The minimum atomic E-state index is -0.323. The number of esters is 1. The summed E-state index contributed by atoms with van der Waals surface area (Å²) in [5.41, 5.74) is 0. The molecule has 0 aromatic heterocycles. The number of amides is 1. The molecular formula is C15H25NO3. The highest BCUT2D eigenvalue weighted by Crippen LogP contribution is 2.29. The van der Waals surface area contributed by atoms with Crippen molar-refractivity contribution in [1.82, 2.24) is 4.90 Å². The van der Waals surface area contributed by atoms with E-state index in [0.717, 1.165) is 25.2 Å². The van der Waals surface area contributed by atoms with Crippen LogP contribution in [-0.2, 0) is 14.3 Å². The van der Waals surface area contributed by atoms with Crippen LogP contribution >= 0.6 is 0 Å². The fourth-order valence-electron chi connectivity index (χ4n) is 3.32. The molecule has 0 aromatic rings. The van der Waals surface area contributed by atoms with Crippen LogP contribution in [-0.4, -0.2) is 36.0 Å². The highest BCUT2D eigenvalue weighted by Gasteiger charge is 2.34. The topological polar surface area (TPSA) is 46.6 Å². The van der Waals surface area contributed by atoms with Crippen molar-refractivity contribution in [3.05, 3.63) is 0 Å². The van der Waals surface area contributed by atoms with E-state index in [1.165, 1.54) is 25.7 Å². The molecule has 0 aromatic carbocycles. The Labute approximate surface area is 115 Å². The molecule has 19 heavy (non-hydrogen) atoms. The number of hydrogen-bond donors (Lipinski definition) is 0. The number of carbonyl (C=O) groups excluding carboxylic acids is 2. The lowest BCUT2D eigenvalue weighted by atomic mass is 10.0. The summed E-state index contributed by atoms with van der Waals surface area (Å²) >= 11 is 0. The monoisotopic (exact) mass is 267 g/mol. The maximum absolute atomic E-state index is 12.2. The highest BCUT2D eigenvalue weighted by molar-refractivity contribution is 5.85. The lowest BCUT2D eigenvalue weighted by Gasteiger charge is -2.23. The quantitative estimate of drug-likeness (QED) is 0.719. The van der Waals surface area contributed by atoms with E-state index in [1.807, 2.05) is 0 Å². The van der Waals surface area contributed by atoms with E-state index < -0.39 is 0 Å². The number of nitrogens with zero attached hydrogens (tertiary/aromatic N) is 1. The minimum Gasteiger partial charge on any atom is -0.464 e. The molecule has 2 aliphatic rings. The predicted molar refractivity (Wildman–Crippen MR) is 72.6 cm³/mol.